The Kier molecular flexibility index (Phi) is 6.55. The van der Waals surface area contributed by atoms with Crippen LogP contribution in [0.15, 0.2) is 0 Å². The molecule has 0 spiro atoms. The van der Waals surface area contributed by atoms with Crippen LogP contribution in [-0.2, 0) is 14.8 Å². The molecular weight excluding hydrogens is 252 g/mol. The fraction of sp³-hybridized carbons (Fsp3) is 1.00. The Balaban J connectivity index is 2.25. The molecule has 0 aromatic carbocycles. The van der Waals surface area contributed by atoms with E-state index in [1.54, 1.807) is 0 Å². The molecule has 18 heavy (non-hydrogen) atoms. The van der Waals surface area contributed by atoms with Gasteiger partial charge in [0, 0.05) is 24.6 Å². The van der Waals surface area contributed by atoms with Gasteiger partial charge in [0.15, 0.2) is 0 Å². The van der Waals surface area contributed by atoms with Gasteiger partial charge < -0.3 is 10.1 Å². The molecule has 5 nitrogen and oxygen atoms in total. The Morgan fingerprint density at radius 3 is 2.61 bits per heavy atom. The standard InChI is InChI=1S/C12H26N2O3S/c1-10(2)13-6-4-8-18(15,16)14-11(3)12-5-7-17-9-12/h10-14H,4-9H2,1-3H3. The Morgan fingerprint density at radius 2 is 2.06 bits per heavy atom. The second kappa shape index (κ2) is 7.43. The van der Waals surface area contributed by atoms with Crippen LogP contribution in [0, 0.1) is 5.92 Å². The lowest BCUT2D eigenvalue weighted by Crippen LogP contribution is -2.40. The van der Waals surface area contributed by atoms with Gasteiger partial charge in [-0.05, 0) is 26.3 Å². The summed E-state index contributed by atoms with van der Waals surface area (Å²) in [5.41, 5.74) is 0. The highest BCUT2D eigenvalue weighted by Gasteiger charge is 2.25. The van der Waals surface area contributed by atoms with Gasteiger partial charge in [0.2, 0.25) is 10.0 Å². The van der Waals surface area contributed by atoms with Gasteiger partial charge in [-0.15, -0.1) is 0 Å². The Hall–Kier alpha value is -0.170. The number of ether oxygens (including phenoxy) is 1. The summed E-state index contributed by atoms with van der Waals surface area (Å²) in [7, 11) is -3.16. The quantitative estimate of drug-likeness (QED) is 0.642. The Bertz CT molecular complexity index is 324. The minimum atomic E-state index is -3.16. The van der Waals surface area contributed by atoms with E-state index in [9.17, 15) is 8.42 Å². The third-order valence-corrected chi connectivity index (χ3v) is 4.74. The first-order valence-electron chi connectivity index (χ1n) is 6.72. The monoisotopic (exact) mass is 278 g/mol. The molecule has 6 heteroatoms. The van der Waals surface area contributed by atoms with Crippen molar-refractivity contribution in [1.29, 1.82) is 0 Å². The summed E-state index contributed by atoms with van der Waals surface area (Å²) in [6, 6.07) is 0.366. The SMILES string of the molecule is CC(C)NCCCS(=O)(=O)NC(C)C1CCOC1. The van der Waals surface area contributed by atoms with Crippen molar-refractivity contribution in [1.82, 2.24) is 10.0 Å². The molecule has 1 aliphatic heterocycles. The molecule has 2 unspecified atom stereocenters. The largest absolute Gasteiger partial charge is 0.381 e. The third-order valence-electron chi connectivity index (χ3n) is 3.18. The lowest BCUT2D eigenvalue weighted by molar-refractivity contribution is 0.180. The van der Waals surface area contributed by atoms with Crippen molar-refractivity contribution >= 4 is 10.0 Å². The second-order valence-electron chi connectivity index (χ2n) is 5.31. The minimum Gasteiger partial charge on any atom is -0.381 e. The maximum absolute atomic E-state index is 11.9. The highest BCUT2D eigenvalue weighted by Crippen LogP contribution is 2.16. The van der Waals surface area contributed by atoms with Crippen LogP contribution in [0.25, 0.3) is 0 Å². The molecule has 2 atom stereocenters. The number of hydrogen-bond acceptors (Lipinski definition) is 4. The van der Waals surface area contributed by atoms with Gasteiger partial charge in [0.25, 0.3) is 0 Å². The summed E-state index contributed by atoms with van der Waals surface area (Å²) in [5.74, 6) is 0.499. The molecule has 0 amide bonds. The number of rotatable bonds is 8. The molecule has 0 aliphatic carbocycles. The third kappa shape index (κ3) is 6.13. The van der Waals surface area contributed by atoms with Gasteiger partial charge in [0.1, 0.15) is 0 Å². The van der Waals surface area contributed by atoms with Crippen molar-refractivity contribution in [3.8, 4) is 0 Å². The van der Waals surface area contributed by atoms with E-state index in [0.29, 0.717) is 25.0 Å². The van der Waals surface area contributed by atoms with E-state index in [4.69, 9.17) is 4.74 Å². The predicted molar refractivity (Wildman–Crippen MR) is 73.1 cm³/mol. The summed E-state index contributed by atoms with van der Waals surface area (Å²) in [5, 5.41) is 3.21. The lowest BCUT2D eigenvalue weighted by Gasteiger charge is -2.19. The molecule has 2 N–H and O–H groups in total. The maximum atomic E-state index is 11.9. The normalized spacial score (nSPS) is 22.6. The van der Waals surface area contributed by atoms with Crippen molar-refractivity contribution in [2.24, 2.45) is 5.92 Å². The molecule has 1 heterocycles. The van der Waals surface area contributed by atoms with Crippen molar-refractivity contribution in [2.45, 2.75) is 45.7 Å². The zero-order chi connectivity index (χ0) is 13.6. The average Bonchev–Trinajstić information content (AvgIpc) is 2.77. The van der Waals surface area contributed by atoms with Crippen molar-refractivity contribution in [3.63, 3.8) is 0 Å². The molecule has 1 rings (SSSR count). The van der Waals surface area contributed by atoms with Crippen LogP contribution in [0.5, 0.6) is 0 Å². The molecule has 108 valence electrons. The molecule has 0 saturated carbocycles. The van der Waals surface area contributed by atoms with Gasteiger partial charge in [0.05, 0.1) is 12.4 Å². The van der Waals surface area contributed by atoms with E-state index in [1.165, 1.54) is 0 Å². The van der Waals surface area contributed by atoms with Crippen LogP contribution < -0.4 is 10.0 Å². The summed E-state index contributed by atoms with van der Waals surface area (Å²) < 4.78 is 31.7. The summed E-state index contributed by atoms with van der Waals surface area (Å²) in [6.07, 6.45) is 1.58. The fourth-order valence-electron chi connectivity index (χ4n) is 2.04. The fourth-order valence-corrected chi connectivity index (χ4v) is 3.44. The minimum absolute atomic E-state index is 0.0319. The highest BCUT2D eigenvalue weighted by molar-refractivity contribution is 7.89. The topological polar surface area (TPSA) is 67.4 Å². The van der Waals surface area contributed by atoms with Gasteiger partial charge in [-0.2, -0.15) is 0 Å². The van der Waals surface area contributed by atoms with Crippen LogP contribution in [-0.4, -0.2) is 46.0 Å². The number of nitrogens with one attached hydrogen (secondary N) is 2. The zero-order valence-electron chi connectivity index (χ0n) is 11.6. The zero-order valence-corrected chi connectivity index (χ0v) is 12.4. The van der Waals surface area contributed by atoms with Gasteiger partial charge in [-0.25, -0.2) is 13.1 Å². The summed E-state index contributed by atoms with van der Waals surface area (Å²) >= 11 is 0. The maximum Gasteiger partial charge on any atom is 0.211 e. The van der Waals surface area contributed by atoms with E-state index >= 15 is 0 Å². The van der Waals surface area contributed by atoms with Gasteiger partial charge in [-0.1, -0.05) is 13.8 Å². The lowest BCUT2D eigenvalue weighted by atomic mass is 10.0. The van der Waals surface area contributed by atoms with Crippen molar-refractivity contribution < 1.29 is 13.2 Å². The molecule has 0 radical (unpaired) electrons. The molecule has 0 bridgehead atoms. The van der Waals surface area contributed by atoms with Crippen LogP contribution in [0.1, 0.15) is 33.6 Å². The smallest absolute Gasteiger partial charge is 0.211 e. The first kappa shape index (κ1) is 15.9. The van der Waals surface area contributed by atoms with Gasteiger partial charge >= 0.3 is 0 Å². The Labute approximate surface area is 111 Å². The molecule has 1 saturated heterocycles. The molecule has 0 aromatic rings. The van der Waals surface area contributed by atoms with Crippen LogP contribution in [0.2, 0.25) is 0 Å². The van der Waals surface area contributed by atoms with E-state index in [-0.39, 0.29) is 11.8 Å². The van der Waals surface area contributed by atoms with E-state index in [2.05, 4.69) is 23.9 Å². The van der Waals surface area contributed by atoms with Crippen LogP contribution >= 0.6 is 0 Å². The summed E-state index contributed by atoms with van der Waals surface area (Å²) in [6.45, 7) is 8.17. The predicted octanol–water partition coefficient (Wildman–Crippen LogP) is 0.719. The van der Waals surface area contributed by atoms with Crippen molar-refractivity contribution in [3.05, 3.63) is 0 Å². The van der Waals surface area contributed by atoms with E-state index < -0.39 is 10.0 Å². The molecule has 0 aromatic heterocycles. The summed E-state index contributed by atoms with van der Waals surface area (Å²) in [4.78, 5) is 0. The second-order valence-corrected chi connectivity index (χ2v) is 7.18. The van der Waals surface area contributed by atoms with E-state index in [0.717, 1.165) is 19.6 Å². The first-order valence-corrected chi connectivity index (χ1v) is 8.37. The first-order chi connectivity index (χ1) is 8.41. The molecule has 1 aliphatic rings. The Morgan fingerprint density at radius 1 is 1.33 bits per heavy atom. The molecule has 1 fully saturated rings. The number of hydrogen-bond donors (Lipinski definition) is 2. The average molecular weight is 278 g/mol. The molecular formula is C12H26N2O3S. The van der Waals surface area contributed by atoms with E-state index in [1.807, 2.05) is 6.92 Å². The number of sulfonamides is 1. The van der Waals surface area contributed by atoms with Crippen molar-refractivity contribution in [2.75, 3.05) is 25.5 Å². The van der Waals surface area contributed by atoms with Crippen LogP contribution in [0.4, 0.5) is 0 Å². The van der Waals surface area contributed by atoms with Gasteiger partial charge in [-0.3, -0.25) is 0 Å². The highest BCUT2D eigenvalue weighted by atomic mass is 32.2. The van der Waals surface area contributed by atoms with Crippen LogP contribution in [0.3, 0.4) is 0 Å².